The molecule has 0 saturated carbocycles. The lowest BCUT2D eigenvalue weighted by Crippen LogP contribution is -2.35. The Labute approximate surface area is 134 Å². The van der Waals surface area contributed by atoms with Gasteiger partial charge >= 0.3 is 0 Å². The van der Waals surface area contributed by atoms with Gasteiger partial charge in [-0.1, -0.05) is 11.2 Å². The number of hydrogen-bond donors (Lipinski definition) is 0. The molecule has 0 amide bonds. The van der Waals surface area contributed by atoms with Gasteiger partial charge in [0, 0.05) is 16.5 Å². The summed E-state index contributed by atoms with van der Waals surface area (Å²) < 4.78 is 30.5. The summed E-state index contributed by atoms with van der Waals surface area (Å²) in [5, 5.41) is 11.7. The predicted octanol–water partition coefficient (Wildman–Crippen LogP) is 2.05. The first-order valence-electron chi connectivity index (χ1n) is 6.79. The molecule has 11 heteroatoms. The zero-order chi connectivity index (χ0) is 17.0. The van der Waals surface area contributed by atoms with E-state index in [9.17, 15) is 8.78 Å². The van der Waals surface area contributed by atoms with E-state index >= 15 is 0 Å². The Kier molecular flexibility index (Phi) is 4.17. The van der Waals surface area contributed by atoms with Gasteiger partial charge in [-0.3, -0.25) is 9.36 Å². The normalized spacial score (nSPS) is 11.2. The van der Waals surface area contributed by atoms with E-state index in [-0.39, 0.29) is 18.7 Å². The topological polar surface area (TPSA) is 110 Å². The first-order chi connectivity index (χ1) is 11.6. The summed E-state index contributed by atoms with van der Waals surface area (Å²) in [4.78, 5) is 10.5. The summed E-state index contributed by atoms with van der Waals surface area (Å²) in [7, 11) is 0. The Bertz CT molecular complexity index is 817. The molecule has 0 atom stereocenters. The van der Waals surface area contributed by atoms with Crippen LogP contribution in [0.2, 0.25) is 0 Å². The fourth-order valence-electron chi connectivity index (χ4n) is 2.45. The molecule has 0 unspecified atom stereocenters. The van der Waals surface area contributed by atoms with Crippen LogP contribution in [0.5, 0.6) is 0 Å². The molecule has 24 heavy (non-hydrogen) atoms. The molecule has 0 bridgehead atoms. The van der Waals surface area contributed by atoms with Crippen LogP contribution in [0.1, 0.15) is 5.56 Å². The number of nitrogens with zero attached hydrogens (tertiary/aromatic N) is 9. The molecule has 2 aromatic heterocycles. The van der Waals surface area contributed by atoms with Crippen molar-refractivity contribution in [3.63, 3.8) is 0 Å². The average Bonchev–Trinajstić information content (AvgIpc) is 3.21. The maximum absolute atomic E-state index is 14.4. The number of azide groups is 1. The lowest BCUT2D eigenvalue weighted by Gasteiger charge is -2.29. The Morgan fingerprint density at radius 1 is 1.08 bits per heavy atom. The van der Waals surface area contributed by atoms with Gasteiger partial charge in [-0.2, -0.15) is 10.2 Å². The van der Waals surface area contributed by atoms with Crippen molar-refractivity contribution in [2.45, 2.75) is 18.6 Å². The minimum Gasteiger partial charge on any atom is -0.252 e. The minimum absolute atomic E-state index is 0.0144. The van der Waals surface area contributed by atoms with Gasteiger partial charge in [0.2, 0.25) is 0 Å². The minimum atomic E-state index is -1.44. The van der Waals surface area contributed by atoms with Gasteiger partial charge in [0.1, 0.15) is 42.5 Å². The van der Waals surface area contributed by atoms with Crippen LogP contribution in [0.25, 0.3) is 10.4 Å². The van der Waals surface area contributed by atoms with E-state index < -0.39 is 17.2 Å². The van der Waals surface area contributed by atoms with Crippen molar-refractivity contribution in [3.05, 3.63) is 71.1 Å². The molecule has 1 aromatic carbocycles. The molecule has 0 saturated heterocycles. The SMILES string of the molecule is [N-]=[N+]=NC(Cn1cncn1)(Cn1cncn1)c1ccc(F)cc1F. The number of benzene rings is 1. The number of aromatic nitrogens is 6. The van der Waals surface area contributed by atoms with E-state index in [1.165, 1.54) is 40.7 Å². The van der Waals surface area contributed by atoms with Crippen LogP contribution in [-0.4, -0.2) is 29.5 Å². The lowest BCUT2D eigenvalue weighted by atomic mass is 9.90. The highest BCUT2D eigenvalue weighted by Gasteiger charge is 2.36. The molecule has 0 aliphatic rings. The van der Waals surface area contributed by atoms with Gasteiger partial charge in [0.15, 0.2) is 0 Å². The zero-order valence-corrected chi connectivity index (χ0v) is 12.2. The second kappa shape index (κ2) is 6.42. The average molecular weight is 331 g/mol. The standard InChI is InChI=1S/C13H11F2N9/c14-10-1-2-11(12(15)3-10)13(21-22-16,4-23-8-17-6-19-23)5-24-9-18-7-20-24/h1-3,6-9H,4-5H2. The summed E-state index contributed by atoms with van der Waals surface area (Å²) in [6.07, 6.45) is 5.42. The Balaban J connectivity index is 2.14. The monoisotopic (exact) mass is 331 g/mol. The maximum Gasteiger partial charge on any atom is 0.137 e. The zero-order valence-electron chi connectivity index (χ0n) is 12.2. The van der Waals surface area contributed by atoms with Crippen LogP contribution < -0.4 is 0 Å². The molecule has 9 nitrogen and oxygen atoms in total. The predicted molar refractivity (Wildman–Crippen MR) is 77.2 cm³/mol. The van der Waals surface area contributed by atoms with Gasteiger partial charge < -0.3 is 0 Å². The van der Waals surface area contributed by atoms with E-state index in [0.29, 0.717) is 0 Å². The quantitative estimate of drug-likeness (QED) is 0.391. The van der Waals surface area contributed by atoms with Crippen molar-refractivity contribution in [1.82, 2.24) is 29.5 Å². The lowest BCUT2D eigenvalue weighted by molar-refractivity contribution is 0.284. The summed E-state index contributed by atoms with van der Waals surface area (Å²) in [6, 6.07) is 3.08. The van der Waals surface area contributed by atoms with Crippen LogP contribution in [0.3, 0.4) is 0 Å². The number of halogens is 2. The highest BCUT2D eigenvalue weighted by molar-refractivity contribution is 5.27. The second-order valence-electron chi connectivity index (χ2n) is 5.03. The second-order valence-corrected chi connectivity index (χ2v) is 5.03. The molecule has 0 radical (unpaired) electrons. The molecule has 3 aromatic rings. The third-order valence-corrected chi connectivity index (χ3v) is 3.45. The van der Waals surface area contributed by atoms with Crippen molar-refractivity contribution in [2.75, 3.05) is 0 Å². The molecular formula is C13H11F2N9. The van der Waals surface area contributed by atoms with Gasteiger partial charge in [-0.05, 0) is 11.6 Å². The van der Waals surface area contributed by atoms with Crippen LogP contribution in [0, 0.1) is 11.6 Å². The van der Waals surface area contributed by atoms with Crippen molar-refractivity contribution >= 4 is 0 Å². The largest absolute Gasteiger partial charge is 0.252 e. The van der Waals surface area contributed by atoms with Gasteiger partial charge in [-0.25, -0.2) is 18.7 Å². The number of hydrogen-bond acceptors (Lipinski definition) is 5. The number of rotatable bonds is 6. The Morgan fingerprint density at radius 2 is 1.71 bits per heavy atom. The molecule has 3 rings (SSSR count). The molecule has 0 fully saturated rings. The molecule has 0 aliphatic carbocycles. The van der Waals surface area contributed by atoms with Gasteiger partial charge in [-0.15, -0.1) is 0 Å². The Morgan fingerprint density at radius 3 is 2.17 bits per heavy atom. The van der Waals surface area contributed by atoms with Crippen molar-refractivity contribution in [3.8, 4) is 0 Å². The van der Waals surface area contributed by atoms with Crippen molar-refractivity contribution < 1.29 is 8.78 Å². The molecular weight excluding hydrogens is 320 g/mol. The fraction of sp³-hybridized carbons (Fsp3) is 0.231. The summed E-state index contributed by atoms with van der Waals surface area (Å²) in [5.41, 5.74) is 7.62. The molecule has 0 spiro atoms. The van der Waals surface area contributed by atoms with Crippen LogP contribution in [0.15, 0.2) is 48.6 Å². The van der Waals surface area contributed by atoms with Crippen molar-refractivity contribution in [2.24, 2.45) is 5.11 Å². The van der Waals surface area contributed by atoms with Crippen molar-refractivity contribution in [1.29, 1.82) is 0 Å². The first-order valence-corrected chi connectivity index (χ1v) is 6.79. The van der Waals surface area contributed by atoms with Crippen LogP contribution in [-0.2, 0) is 18.6 Å². The smallest absolute Gasteiger partial charge is 0.137 e. The Hall–Kier alpha value is -3.33. The fourth-order valence-corrected chi connectivity index (χ4v) is 2.45. The molecule has 0 N–H and O–H groups in total. The molecule has 0 aliphatic heterocycles. The summed E-state index contributed by atoms with van der Waals surface area (Å²) >= 11 is 0. The van der Waals surface area contributed by atoms with Gasteiger partial charge in [0.25, 0.3) is 0 Å². The van der Waals surface area contributed by atoms with E-state index in [1.807, 2.05) is 0 Å². The first kappa shape index (κ1) is 15.6. The van der Waals surface area contributed by atoms with Crippen LogP contribution in [0.4, 0.5) is 8.78 Å². The summed E-state index contributed by atoms with van der Waals surface area (Å²) in [5.74, 6) is -1.56. The third-order valence-electron chi connectivity index (χ3n) is 3.45. The summed E-state index contributed by atoms with van der Waals surface area (Å²) in [6.45, 7) is -0.0288. The highest BCUT2D eigenvalue weighted by Crippen LogP contribution is 2.32. The molecule has 122 valence electrons. The van der Waals surface area contributed by atoms with E-state index in [2.05, 4.69) is 30.2 Å². The third kappa shape index (κ3) is 3.06. The van der Waals surface area contributed by atoms with E-state index in [0.717, 1.165) is 12.1 Å². The van der Waals surface area contributed by atoms with E-state index in [4.69, 9.17) is 5.53 Å². The molecule has 2 heterocycles. The van der Waals surface area contributed by atoms with E-state index in [1.54, 1.807) is 0 Å². The highest BCUT2D eigenvalue weighted by atomic mass is 19.1. The van der Waals surface area contributed by atoms with Gasteiger partial charge in [0.05, 0.1) is 13.1 Å². The maximum atomic E-state index is 14.4. The van der Waals surface area contributed by atoms with Crippen LogP contribution >= 0.6 is 0 Å².